The number of hydrogen-bond acceptors (Lipinski definition) is 4. The van der Waals surface area contributed by atoms with Crippen molar-refractivity contribution < 1.29 is 4.74 Å². The lowest BCUT2D eigenvalue weighted by Gasteiger charge is -2.05. The van der Waals surface area contributed by atoms with E-state index in [4.69, 9.17) is 10.5 Å². The Labute approximate surface area is 140 Å². The minimum absolute atomic E-state index is 0.708. The molecule has 0 saturated heterocycles. The minimum atomic E-state index is 0.708. The van der Waals surface area contributed by atoms with Crippen molar-refractivity contribution in [3.8, 4) is 17.0 Å². The average molecular weight is 324 g/mol. The lowest BCUT2D eigenvalue weighted by Crippen LogP contribution is -1.99. The van der Waals surface area contributed by atoms with E-state index in [1.165, 1.54) is 5.56 Å². The first kappa shape index (κ1) is 15.6. The molecular formula is C19H20N2OS. The number of aryl methyl sites for hydroxylation is 2. The molecule has 3 aromatic rings. The number of nitrogen functional groups attached to an aromatic ring is 1. The van der Waals surface area contributed by atoms with Gasteiger partial charge in [-0.3, -0.25) is 0 Å². The summed E-state index contributed by atoms with van der Waals surface area (Å²) < 4.78 is 5.75. The van der Waals surface area contributed by atoms with E-state index in [0.717, 1.165) is 40.5 Å². The van der Waals surface area contributed by atoms with Gasteiger partial charge in [0.15, 0.2) is 0 Å². The summed E-state index contributed by atoms with van der Waals surface area (Å²) in [5.41, 5.74) is 9.86. The van der Waals surface area contributed by atoms with Crippen LogP contribution in [0.15, 0.2) is 53.9 Å². The Morgan fingerprint density at radius 3 is 2.52 bits per heavy atom. The second-order valence-corrected chi connectivity index (χ2v) is 6.46. The number of anilines is 1. The fraction of sp³-hybridized carbons (Fsp3) is 0.211. The Hall–Kier alpha value is -2.33. The topological polar surface area (TPSA) is 48.1 Å². The zero-order valence-corrected chi connectivity index (χ0v) is 14.0. The van der Waals surface area contributed by atoms with Crippen LogP contribution in [0.3, 0.4) is 0 Å². The number of ether oxygens (including phenoxy) is 1. The molecule has 2 aromatic carbocycles. The highest BCUT2D eigenvalue weighted by Gasteiger charge is 2.04. The third-order valence-corrected chi connectivity index (χ3v) is 4.49. The SMILES string of the molecule is Cc1ccc(OCCCc2nc(-c3ccc(N)cc3)cs2)cc1. The van der Waals surface area contributed by atoms with Crippen LogP contribution in [0, 0.1) is 6.92 Å². The van der Waals surface area contributed by atoms with Crippen LogP contribution in [-0.4, -0.2) is 11.6 Å². The van der Waals surface area contributed by atoms with Gasteiger partial charge in [0.2, 0.25) is 0 Å². The minimum Gasteiger partial charge on any atom is -0.494 e. The van der Waals surface area contributed by atoms with E-state index < -0.39 is 0 Å². The van der Waals surface area contributed by atoms with Crippen LogP contribution in [0.25, 0.3) is 11.3 Å². The Balaban J connectivity index is 1.49. The van der Waals surface area contributed by atoms with Crippen molar-refractivity contribution in [3.05, 3.63) is 64.5 Å². The molecule has 0 aliphatic heterocycles. The van der Waals surface area contributed by atoms with Crippen molar-refractivity contribution in [1.29, 1.82) is 0 Å². The lowest BCUT2D eigenvalue weighted by atomic mass is 10.1. The van der Waals surface area contributed by atoms with E-state index in [-0.39, 0.29) is 0 Å². The van der Waals surface area contributed by atoms with E-state index in [1.54, 1.807) is 11.3 Å². The zero-order chi connectivity index (χ0) is 16.1. The summed E-state index contributed by atoms with van der Waals surface area (Å²) in [5, 5.41) is 3.24. The molecule has 23 heavy (non-hydrogen) atoms. The molecule has 0 amide bonds. The van der Waals surface area contributed by atoms with Gasteiger partial charge in [0.1, 0.15) is 5.75 Å². The van der Waals surface area contributed by atoms with Crippen molar-refractivity contribution in [1.82, 2.24) is 4.98 Å². The maximum Gasteiger partial charge on any atom is 0.119 e. The molecule has 3 nitrogen and oxygen atoms in total. The molecule has 0 aliphatic rings. The third-order valence-electron chi connectivity index (χ3n) is 3.58. The molecule has 1 heterocycles. The fourth-order valence-corrected chi connectivity index (χ4v) is 3.11. The largest absolute Gasteiger partial charge is 0.494 e. The second kappa shape index (κ2) is 7.29. The normalized spacial score (nSPS) is 10.7. The van der Waals surface area contributed by atoms with Crippen LogP contribution in [0.2, 0.25) is 0 Å². The van der Waals surface area contributed by atoms with Crippen molar-refractivity contribution in [2.45, 2.75) is 19.8 Å². The highest BCUT2D eigenvalue weighted by Crippen LogP contribution is 2.23. The van der Waals surface area contributed by atoms with Gasteiger partial charge < -0.3 is 10.5 Å². The highest BCUT2D eigenvalue weighted by molar-refractivity contribution is 7.09. The van der Waals surface area contributed by atoms with E-state index >= 15 is 0 Å². The smallest absolute Gasteiger partial charge is 0.119 e. The van der Waals surface area contributed by atoms with Crippen molar-refractivity contribution >= 4 is 17.0 Å². The Kier molecular flexibility index (Phi) is 4.93. The molecule has 3 rings (SSSR count). The first-order chi connectivity index (χ1) is 11.2. The Morgan fingerprint density at radius 2 is 1.78 bits per heavy atom. The van der Waals surface area contributed by atoms with Crippen molar-refractivity contribution in [2.24, 2.45) is 0 Å². The fourth-order valence-electron chi connectivity index (χ4n) is 2.26. The lowest BCUT2D eigenvalue weighted by molar-refractivity contribution is 0.311. The second-order valence-electron chi connectivity index (χ2n) is 5.51. The number of nitrogens with zero attached hydrogens (tertiary/aromatic N) is 1. The molecule has 0 aliphatic carbocycles. The number of aromatic nitrogens is 1. The van der Waals surface area contributed by atoms with Crippen LogP contribution < -0.4 is 10.5 Å². The maximum atomic E-state index is 5.75. The van der Waals surface area contributed by atoms with Gasteiger partial charge in [-0.25, -0.2) is 4.98 Å². The van der Waals surface area contributed by atoms with E-state index in [9.17, 15) is 0 Å². The van der Waals surface area contributed by atoms with Crippen LogP contribution in [0.5, 0.6) is 5.75 Å². The Bertz CT molecular complexity index is 748. The molecule has 0 saturated carbocycles. The van der Waals surface area contributed by atoms with E-state index in [0.29, 0.717) is 6.61 Å². The number of benzene rings is 2. The van der Waals surface area contributed by atoms with Crippen LogP contribution in [0.1, 0.15) is 17.0 Å². The molecule has 2 N–H and O–H groups in total. The summed E-state index contributed by atoms with van der Waals surface area (Å²) in [6.45, 7) is 2.78. The van der Waals surface area contributed by atoms with Gasteiger partial charge in [-0.1, -0.05) is 29.8 Å². The first-order valence-corrected chi connectivity index (χ1v) is 8.58. The quantitative estimate of drug-likeness (QED) is 0.527. The Morgan fingerprint density at radius 1 is 1.04 bits per heavy atom. The standard InChI is InChI=1S/C19H20N2OS/c1-14-4-10-17(11-5-14)22-12-2-3-19-21-18(13-23-19)15-6-8-16(20)9-7-15/h4-11,13H,2-3,12,20H2,1H3. The van der Waals surface area contributed by atoms with Crippen molar-refractivity contribution in [3.63, 3.8) is 0 Å². The molecule has 0 spiro atoms. The molecule has 0 bridgehead atoms. The maximum absolute atomic E-state index is 5.75. The summed E-state index contributed by atoms with van der Waals surface area (Å²) in [7, 11) is 0. The predicted molar refractivity (Wildman–Crippen MR) is 97.0 cm³/mol. The zero-order valence-electron chi connectivity index (χ0n) is 13.2. The number of nitrogens with two attached hydrogens (primary N) is 1. The van der Waals surface area contributed by atoms with Gasteiger partial charge >= 0.3 is 0 Å². The van der Waals surface area contributed by atoms with Crippen LogP contribution in [-0.2, 0) is 6.42 Å². The summed E-state index contributed by atoms with van der Waals surface area (Å²) >= 11 is 1.70. The summed E-state index contributed by atoms with van der Waals surface area (Å²) in [5.74, 6) is 0.928. The molecule has 0 unspecified atom stereocenters. The van der Waals surface area contributed by atoms with Gasteiger partial charge in [0, 0.05) is 23.1 Å². The summed E-state index contributed by atoms with van der Waals surface area (Å²) in [4.78, 5) is 4.69. The first-order valence-electron chi connectivity index (χ1n) is 7.70. The van der Waals surface area contributed by atoms with Crippen LogP contribution in [0.4, 0.5) is 5.69 Å². The molecule has 0 atom stereocenters. The van der Waals surface area contributed by atoms with E-state index in [2.05, 4.69) is 29.4 Å². The molecular weight excluding hydrogens is 304 g/mol. The van der Waals surface area contributed by atoms with Gasteiger partial charge in [0.05, 0.1) is 17.3 Å². The number of thiazole rings is 1. The summed E-state index contributed by atoms with van der Waals surface area (Å²) in [6.07, 6.45) is 1.90. The van der Waals surface area contributed by atoms with E-state index in [1.807, 2.05) is 36.4 Å². The van der Waals surface area contributed by atoms with Gasteiger partial charge in [-0.2, -0.15) is 0 Å². The molecule has 0 radical (unpaired) electrons. The molecule has 1 aromatic heterocycles. The van der Waals surface area contributed by atoms with Gasteiger partial charge in [0.25, 0.3) is 0 Å². The van der Waals surface area contributed by atoms with Gasteiger partial charge in [-0.05, 0) is 37.6 Å². The summed E-state index contributed by atoms with van der Waals surface area (Å²) in [6, 6.07) is 16.0. The monoisotopic (exact) mass is 324 g/mol. The van der Waals surface area contributed by atoms with Crippen LogP contribution >= 0.6 is 11.3 Å². The van der Waals surface area contributed by atoms with Crippen molar-refractivity contribution in [2.75, 3.05) is 12.3 Å². The van der Waals surface area contributed by atoms with Gasteiger partial charge in [-0.15, -0.1) is 11.3 Å². The number of hydrogen-bond donors (Lipinski definition) is 1. The molecule has 118 valence electrons. The molecule has 0 fully saturated rings. The molecule has 4 heteroatoms. The highest BCUT2D eigenvalue weighted by atomic mass is 32.1. The average Bonchev–Trinajstić information content (AvgIpc) is 3.03. The number of rotatable bonds is 6. The third kappa shape index (κ3) is 4.33. The predicted octanol–water partition coefficient (Wildman–Crippen LogP) is 4.71.